The van der Waals surface area contributed by atoms with Crippen LogP contribution in [0, 0.1) is 6.92 Å². The number of hydrogen-bond acceptors (Lipinski definition) is 6. The lowest BCUT2D eigenvalue weighted by molar-refractivity contribution is -0.119. The van der Waals surface area contributed by atoms with Gasteiger partial charge >= 0.3 is 0 Å². The molecule has 0 saturated carbocycles. The van der Waals surface area contributed by atoms with E-state index in [0.29, 0.717) is 0 Å². The summed E-state index contributed by atoms with van der Waals surface area (Å²) in [4.78, 5) is 24.0. The molecule has 1 atom stereocenters. The third-order valence-electron chi connectivity index (χ3n) is 4.06. The molecule has 0 radical (unpaired) electrons. The number of aromatic nitrogens is 3. The predicted octanol–water partition coefficient (Wildman–Crippen LogP) is 0.946. The van der Waals surface area contributed by atoms with Gasteiger partial charge in [-0.05, 0) is 37.3 Å². The standard InChI is InChI=1S/C16H19N5O2S/c1-10-15(23)21(17)16(20-19-10)24-9-14(22)18-13-8-4-6-11-5-2-3-7-12(11)13/h2-3,5,7,13H,4,6,8-9,17H2,1H3,(H,18,22). The van der Waals surface area contributed by atoms with Crippen LogP contribution in [0.5, 0.6) is 0 Å². The summed E-state index contributed by atoms with van der Waals surface area (Å²) in [5.74, 6) is 5.68. The molecule has 0 spiro atoms. The van der Waals surface area contributed by atoms with Crippen LogP contribution in [-0.2, 0) is 11.2 Å². The molecular weight excluding hydrogens is 326 g/mol. The molecule has 0 aliphatic heterocycles. The summed E-state index contributed by atoms with van der Waals surface area (Å²) >= 11 is 1.10. The van der Waals surface area contributed by atoms with Crippen LogP contribution in [0.15, 0.2) is 34.2 Å². The number of nitrogens with one attached hydrogen (secondary N) is 1. The lowest BCUT2D eigenvalue weighted by Gasteiger charge is -2.26. The summed E-state index contributed by atoms with van der Waals surface area (Å²) in [6, 6.07) is 8.22. The molecule has 3 rings (SSSR count). The van der Waals surface area contributed by atoms with E-state index in [2.05, 4.69) is 27.6 Å². The van der Waals surface area contributed by atoms with Gasteiger partial charge in [-0.2, -0.15) is 4.68 Å². The van der Waals surface area contributed by atoms with Gasteiger partial charge in [0.2, 0.25) is 11.1 Å². The third kappa shape index (κ3) is 3.43. The largest absolute Gasteiger partial charge is 0.349 e. The fourth-order valence-corrected chi connectivity index (χ4v) is 3.50. The number of thioether (sulfide) groups is 1. The molecule has 0 bridgehead atoms. The Hall–Kier alpha value is -2.35. The molecule has 1 amide bonds. The molecule has 7 nitrogen and oxygen atoms in total. The highest BCUT2D eigenvalue weighted by Gasteiger charge is 2.21. The summed E-state index contributed by atoms with van der Waals surface area (Å²) in [7, 11) is 0. The maximum Gasteiger partial charge on any atom is 0.294 e. The number of rotatable bonds is 4. The Balaban J connectivity index is 1.63. The Kier molecular flexibility index (Phi) is 4.84. The normalized spacial score (nSPS) is 16.5. The predicted molar refractivity (Wildman–Crippen MR) is 92.2 cm³/mol. The van der Waals surface area contributed by atoms with E-state index in [1.54, 1.807) is 6.92 Å². The maximum atomic E-state index is 12.2. The maximum absolute atomic E-state index is 12.2. The third-order valence-corrected chi connectivity index (χ3v) is 5.00. The summed E-state index contributed by atoms with van der Waals surface area (Å²) in [6.07, 6.45) is 3.04. The number of carbonyl (C=O) groups is 1. The highest BCUT2D eigenvalue weighted by atomic mass is 32.2. The van der Waals surface area contributed by atoms with Crippen molar-refractivity contribution in [1.29, 1.82) is 0 Å². The van der Waals surface area contributed by atoms with Gasteiger partial charge < -0.3 is 11.2 Å². The number of fused-ring (bicyclic) bond motifs is 1. The van der Waals surface area contributed by atoms with Gasteiger partial charge in [-0.1, -0.05) is 36.0 Å². The zero-order chi connectivity index (χ0) is 17.1. The molecule has 2 aromatic rings. The molecule has 1 heterocycles. The molecule has 0 saturated heterocycles. The fourth-order valence-electron chi connectivity index (χ4n) is 2.84. The Labute approximate surface area is 143 Å². The minimum atomic E-state index is -0.408. The van der Waals surface area contributed by atoms with Crippen molar-refractivity contribution in [2.24, 2.45) is 0 Å². The summed E-state index contributed by atoms with van der Waals surface area (Å²) in [6.45, 7) is 1.54. The van der Waals surface area contributed by atoms with Gasteiger partial charge in [-0.3, -0.25) is 9.59 Å². The average molecular weight is 345 g/mol. The molecule has 1 aromatic carbocycles. The first-order valence-electron chi connectivity index (χ1n) is 7.77. The van der Waals surface area contributed by atoms with Gasteiger partial charge in [0, 0.05) is 0 Å². The molecule has 126 valence electrons. The van der Waals surface area contributed by atoms with E-state index < -0.39 is 5.56 Å². The molecule has 24 heavy (non-hydrogen) atoms. The molecule has 1 aromatic heterocycles. The first-order chi connectivity index (χ1) is 11.6. The summed E-state index contributed by atoms with van der Waals surface area (Å²) in [5.41, 5.74) is 2.30. The lowest BCUT2D eigenvalue weighted by Crippen LogP contribution is -2.34. The first-order valence-corrected chi connectivity index (χ1v) is 8.76. The van der Waals surface area contributed by atoms with Gasteiger partial charge in [-0.25, -0.2) is 0 Å². The Morgan fingerprint density at radius 3 is 3.04 bits per heavy atom. The quantitative estimate of drug-likeness (QED) is 0.632. The Bertz CT molecular complexity index is 820. The van der Waals surface area contributed by atoms with Crippen molar-refractivity contribution in [2.75, 3.05) is 11.6 Å². The molecule has 1 unspecified atom stereocenters. The van der Waals surface area contributed by atoms with Crippen molar-refractivity contribution in [1.82, 2.24) is 20.2 Å². The molecule has 8 heteroatoms. The van der Waals surface area contributed by atoms with E-state index in [1.807, 2.05) is 12.1 Å². The van der Waals surface area contributed by atoms with Crippen LogP contribution in [0.3, 0.4) is 0 Å². The van der Waals surface area contributed by atoms with E-state index in [9.17, 15) is 9.59 Å². The topological polar surface area (TPSA) is 103 Å². The van der Waals surface area contributed by atoms with Crippen molar-refractivity contribution >= 4 is 17.7 Å². The lowest BCUT2D eigenvalue weighted by atomic mass is 9.88. The molecule has 0 fully saturated rings. The monoisotopic (exact) mass is 345 g/mol. The number of aryl methyl sites for hydroxylation is 2. The number of nitrogens with zero attached hydrogens (tertiary/aromatic N) is 3. The SMILES string of the molecule is Cc1nnc(SCC(=O)NC2CCCc3ccccc32)n(N)c1=O. The van der Waals surface area contributed by atoms with Crippen LogP contribution in [0.1, 0.15) is 35.7 Å². The van der Waals surface area contributed by atoms with Crippen molar-refractivity contribution in [3.63, 3.8) is 0 Å². The zero-order valence-electron chi connectivity index (χ0n) is 13.4. The molecule has 3 N–H and O–H groups in total. The number of amides is 1. The van der Waals surface area contributed by atoms with Gasteiger partial charge in [-0.15, -0.1) is 10.2 Å². The van der Waals surface area contributed by atoms with Gasteiger partial charge in [0.25, 0.3) is 5.56 Å². The number of hydrogen-bond donors (Lipinski definition) is 2. The first kappa shape index (κ1) is 16.5. The number of benzene rings is 1. The summed E-state index contributed by atoms with van der Waals surface area (Å²) < 4.78 is 0.927. The molecule has 1 aliphatic carbocycles. The van der Waals surface area contributed by atoms with Crippen LogP contribution in [-0.4, -0.2) is 26.5 Å². The number of carbonyl (C=O) groups excluding carboxylic acids is 1. The number of nitrogen functional groups attached to an aromatic ring is 1. The number of nitrogens with two attached hydrogens (primary N) is 1. The average Bonchev–Trinajstić information content (AvgIpc) is 2.59. The van der Waals surface area contributed by atoms with E-state index in [4.69, 9.17) is 5.84 Å². The second-order valence-electron chi connectivity index (χ2n) is 5.74. The van der Waals surface area contributed by atoms with Gasteiger partial charge in [0.05, 0.1) is 11.8 Å². The second-order valence-corrected chi connectivity index (χ2v) is 6.69. The smallest absolute Gasteiger partial charge is 0.294 e. The Morgan fingerprint density at radius 1 is 1.42 bits per heavy atom. The highest BCUT2D eigenvalue weighted by Crippen LogP contribution is 2.29. The van der Waals surface area contributed by atoms with E-state index in [-0.39, 0.29) is 28.6 Å². The zero-order valence-corrected chi connectivity index (χ0v) is 14.2. The van der Waals surface area contributed by atoms with Crippen LogP contribution in [0.2, 0.25) is 0 Å². The highest BCUT2D eigenvalue weighted by molar-refractivity contribution is 7.99. The summed E-state index contributed by atoms with van der Waals surface area (Å²) in [5, 5.41) is 10.9. The van der Waals surface area contributed by atoms with Crippen molar-refractivity contribution in [3.05, 3.63) is 51.4 Å². The van der Waals surface area contributed by atoms with Crippen LogP contribution >= 0.6 is 11.8 Å². The van der Waals surface area contributed by atoms with E-state index in [1.165, 1.54) is 11.1 Å². The van der Waals surface area contributed by atoms with Gasteiger partial charge in [0.1, 0.15) is 5.69 Å². The van der Waals surface area contributed by atoms with Crippen LogP contribution < -0.4 is 16.7 Å². The molecular formula is C16H19N5O2S. The minimum absolute atomic E-state index is 0.0345. The van der Waals surface area contributed by atoms with Crippen molar-refractivity contribution in [2.45, 2.75) is 37.4 Å². The molecule has 1 aliphatic rings. The van der Waals surface area contributed by atoms with Crippen LogP contribution in [0.25, 0.3) is 0 Å². The van der Waals surface area contributed by atoms with Crippen molar-refractivity contribution < 1.29 is 4.79 Å². The van der Waals surface area contributed by atoms with Crippen molar-refractivity contribution in [3.8, 4) is 0 Å². The fraction of sp³-hybridized carbons (Fsp3) is 0.375. The van der Waals surface area contributed by atoms with E-state index in [0.717, 1.165) is 35.7 Å². The van der Waals surface area contributed by atoms with E-state index >= 15 is 0 Å². The van der Waals surface area contributed by atoms with Gasteiger partial charge in [0.15, 0.2) is 0 Å². The second kappa shape index (κ2) is 7.04. The van der Waals surface area contributed by atoms with Crippen LogP contribution in [0.4, 0.5) is 0 Å². The minimum Gasteiger partial charge on any atom is -0.349 e. The Morgan fingerprint density at radius 2 is 2.21 bits per heavy atom.